The molecule has 9 nitrogen and oxygen atoms in total. The molecule has 0 unspecified atom stereocenters. The van der Waals surface area contributed by atoms with Crippen LogP contribution in [-0.4, -0.2) is 49.6 Å². The molecule has 1 aliphatic carbocycles. The van der Waals surface area contributed by atoms with Crippen molar-refractivity contribution in [2.24, 2.45) is 5.92 Å². The summed E-state index contributed by atoms with van der Waals surface area (Å²) in [6.07, 6.45) is -0.683. The van der Waals surface area contributed by atoms with Gasteiger partial charge in [-0.25, -0.2) is 19.7 Å². The number of carboxylic acids is 1. The standard InChI is InChI=1S/C30H31F3N6O3/c1-17-5-3-8-20(15-17)28-38-26-24(39(28)16-18-9-11-21(12-10-18)30(31,32)33)25(36-27(37-26)29(41)42)35-22(19-6-4-7-19)13-14-23(40)34-2/h3,5,8-12,15,19,22H,4,6-7,13-14,16H2,1-2H3,(H,34,40)(H,41,42)(H,35,36,37)/t22-/m1/s1. The molecule has 1 aliphatic rings. The van der Waals surface area contributed by atoms with Crippen molar-refractivity contribution in [3.05, 3.63) is 71.0 Å². The van der Waals surface area contributed by atoms with Crippen LogP contribution in [0.1, 0.15) is 59.4 Å². The minimum Gasteiger partial charge on any atom is -0.475 e. The topological polar surface area (TPSA) is 122 Å². The number of rotatable bonds is 10. The first-order valence-electron chi connectivity index (χ1n) is 13.8. The maximum atomic E-state index is 13.2. The van der Waals surface area contributed by atoms with Gasteiger partial charge in [0.1, 0.15) is 11.3 Å². The minimum atomic E-state index is -4.46. The number of carbonyl (C=O) groups excluding carboxylic acids is 1. The quantitative estimate of drug-likeness (QED) is 0.221. The maximum Gasteiger partial charge on any atom is 0.416 e. The first-order valence-corrected chi connectivity index (χ1v) is 13.8. The fourth-order valence-corrected chi connectivity index (χ4v) is 5.23. The molecule has 1 saturated carbocycles. The highest BCUT2D eigenvalue weighted by Crippen LogP contribution is 2.36. The number of hydrogen-bond acceptors (Lipinski definition) is 6. The van der Waals surface area contributed by atoms with Gasteiger partial charge in [0.05, 0.1) is 5.56 Å². The highest BCUT2D eigenvalue weighted by atomic mass is 19.4. The number of alkyl halides is 3. The van der Waals surface area contributed by atoms with Gasteiger partial charge in [0.15, 0.2) is 11.5 Å². The van der Waals surface area contributed by atoms with E-state index in [4.69, 9.17) is 4.98 Å². The van der Waals surface area contributed by atoms with Crippen LogP contribution in [-0.2, 0) is 17.5 Å². The Hall–Kier alpha value is -4.48. The lowest BCUT2D eigenvalue weighted by atomic mass is 9.78. The number of aromatic nitrogens is 4. The van der Waals surface area contributed by atoms with Gasteiger partial charge in [0.2, 0.25) is 11.7 Å². The van der Waals surface area contributed by atoms with Crippen LogP contribution in [0.2, 0.25) is 0 Å². The number of fused-ring (bicyclic) bond motifs is 1. The summed E-state index contributed by atoms with van der Waals surface area (Å²) in [6, 6.07) is 12.3. The molecule has 42 heavy (non-hydrogen) atoms. The van der Waals surface area contributed by atoms with Crippen LogP contribution in [0.25, 0.3) is 22.6 Å². The van der Waals surface area contributed by atoms with Crippen LogP contribution in [0.3, 0.4) is 0 Å². The number of imidazole rings is 1. The zero-order chi connectivity index (χ0) is 30.0. The second-order valence-corrected chi connectivity index (χ2v) is 10.6. The van der Waals surface area contributed by atoms with Crippen molar-refractivity contribution in [3.8, 4) is 11.4 Å². The summed E-state index contributed by atoms with van der Waals surface area (Å²) in [5.74, 6) is -0.855. The molecule has 5 rings (SSSR count). The van der Waals surface area contributed by atoms with Gasteiger partial charge in [-0.3, -0.25) is 4.79 Å². The van der Waals surface area contributed by atoms with E-state index in [1.54, 1.807) is 11.6 Å². The number of hydrogen-bond donors (Lipinski definition) is 3. The molecule has 12 heteroatoms. The lowest BCUT2D eigenvalue weighted by Gasteiger charge is -2.34. The number of benzene rings is 2. The first kappa shape index (κ1) is 29.0. The third-order valence-corrected chi connectivity index (χ3v) is 7.69. The summed E-state index contributed by atoms with van der Waals surface area (Å²) < 4.78 is 41.5. The normalized spacial score (nSPS) is 14.4. The third kappa shape index (κ3) is 6.22. The number of aryl methyl sites for hydroxylation is 1. The van der Waals surface area contributed by atoms with Gasteiger partial charge in [-0.05, 0) is 55.9 Å². The highest BCUT2D eigenvalue weighted by molar-refractivity contribution is 5.92. The fourth-order valence-electron chi connectivity index (χ4n) is 5.23. The molecule has 0 radical (unpaired) electrons. The number of carboxylic acid groups (broad SMARTS) is 1. The van der Waals surface area contributed by atoms with Gasteiger partial charge in [-0.1, -0.05) is 42.3 Å². The van der Waals surface area contributed by atoms with E-state index in [-0.39, 0.29) is 42.3 Å². The van der Waals surface area contributed by atoms with Gasteiger partial charge in [-0.2, -0.15) is 13.2 Å². The number of anilines is 1. The summed E-state index contributed by atoms with van der Waals surface area (Å²) in [5.41, 5.74) is 2.11. The molecule has 220 valence electrons. The van der Waals surface area contributed by atoms with E-state index >= 15 is 0 Å². The molecule has 1 fully saturated rings. The van der Waals surface area contributed by atoms with E-state index in [2.05, 4.69) is 20.6 Å². The number of nitrogens with zero attached hydrogens (tertiary/aromatic N) is 4. The SMILES string of the molecule is CNC(=O)CC[C@@H](Nc1nc(C(=O)O)nc2nc(-c3cccc(C)c3)n(Cc3ccc(C(F)(F)F)cc3)c12)C1CCC1. The molecule has 0 aliphatic heterocycles. The average molecular weight is 581 g/mol. The zero-order valence-electron chi connectivity index (χ0n) is 23.2. The maximum absolute atomic E-state index is 13.2. The molecule has 4 aromatic rings. The third-order valence-electron chi connectivity index (χ3n) is 7.69. The predicted molar refractivity (Wildman–Crippen MR) is 151 cm³/mol. The van der Waals surface area contributed by atoms with Gasteiger partial charge in [0, 0.05) is 31.6 Å². The Morgan fingerprint density at radius 1 is 1.10 bits per heavy atom. The van der Waals surface area contributed by atoms with E-state index in [9.17, 15) is 27.9 Å². The number of aromatic carboxylic acids is 1. The van der Waals surface area contributed by atoms with Crippen molar-refractivity contribution in [2.45, 2.75) is 57.8 Å². The van der Waals surface area contributed by atoms with Gasteiger partial charge >= 0.3 is 12.1 Å². The lowest BCUT2D eigenvalue weighted by molar-refractivity contribution is -0.137. The van der Waals surface area contributed by atoms with Crippen LogP contribution in [0, 0.1) is 12.8 Å². The first-order chi connectivity index (χ1) is 20.0. The van der Waals surface area contributed by atoms with Crippen LogP contribution < -0.4 is 10.6 Å². The largest absolute Gasteiger partial charge is 0.475 e. The monoisotopic (exact) mass is 580 g/mol. The summed E-state index contributed by atoms with van der Waals surface area (Å²) in [6.45, 7) is 2.06. The van der Waals surface area contributed by atoms with Crippen LogP contribution in [0.4, 0.5) is 19.0 Å². The Bertz CT molecular complexity index is 1610. The summed E-state index contributed by atoms with van der Waals surface area (Å²) in [7, 11) is 1.58. The van der Waals surface area contributed by atoms with E-state index in [0.29, 0.717) is 23.3 Å². The Morgan fingerprint density at radius 3 is 2.43 bits per heavy atom. The predicted octanol–water partition coefficient (Wildman–Crippen LogP) is 5.67. The second-order valence-electron chi connectivity index (χ2n) is 10.6. The Balaban J connectivity index is 1.66. The number of nitrogens with one attached hydrogen (secondary N) is 2. The van der Waals surface area contributed by atoms with Gasteiger partial charge < -0.3 is 20.3 Å². The molecular formula is C30H31F3N6O3. The molecule has 1 atom stereocenters. The van der Waals surface area contributed by atoms with Crippen molar-refractivity contribution < 1.29 is 27.9 Å². The van der Waals surface area contributed by atoms with Crippen molar-refractivity contribution in [1.82, 2.24) is 24.8 Å². The minimum absolute atomic E-state index is 0.103. The average Bonchev–Trinajstić information content (AvgIpc) is 3.28. The molecule has 2 aromatic heterocycles. The Morgan fingerprint density at radius 2 is 1.83 bits per heavy atom. The number of carbonyl (C=O) groups is 2. The molecule has 1 amide bonds. The molecule has 0 saturated heterocycles. The smallest absolute Gasteiger partial charge is 0.416 e. The van der Waals surface area contributed by atoms with Crippen molar-refractivity contribution >= 4 is 28.9 Å². The zero-order valence-corrected chi connectivity index (χ0v) is 23.2. The highest BCUT2D eigenvalue weighted by Gasteiger charge is 2.31. The van der Waals surface area contributed by atoms with E-state index in [0.717, 1.165) is 42.5 Å². The van der Waals surface area contributed by atoms with Crippen LogP contribution in [0.5, 0.6) is 0 Å². The summed E-state index contributed by atoms with van der Waals surface area (Å²) in [4.78, 5) is 37.4. The molecule has 3 N–H and O–H groups in total. The number of halogens is 3. The van der Waals surface area contributed by atoms with Gasteiger partial charge in [-0.15, -0.1) is 0 Å². The van der Waals surface area contributed by atoms with Crippen molar-refractivity contribution in [1.29, 1.82) is 0 Å². The van der Waals surface area contributed by atoms with Crippen molar-refractivity contribution in [2.75, 3.05) is 12.4 Å². The Labute approximate surface area is 240 Å². The summed E-state index contributed by atoms with van der Waals surface area (Å²) in [5, 5.41) is 15.9. The van der Waals surface area contributed by atoms with E-state index in [1.807, 2.05) is 31.2 Å². The molecule has 2 heterocycles. The number of amides is 1. The molecule has 2 aromatic carbocycles. The summed E-state index contributed by atoms with van der Waals surface area (Å²) >= 11 is 0. The molecule has 0 spiro atoms. The van der Waals surface area contributed by atoms with Gasteiger partial charge in [0.25, 0.3) is 0 Å². The molecule has 0 bridgehead atoms. The lowest BCUT2D eigenvalue weighted by Crippen LogP contribution is -2.35. The van der Waals surface area contributed by atoms with Crippen LogP contribution in [0.15, 0.2) is 48.5 Å². The Kier molecular flexibility index (Phi) is 8.15. The van der Waals surface area contributed by atoms with Crippen molar-refractivity contribution in [3.63, 3.8) is 0 Å². The van der Waals surface area contributed by atoms with E-state index in [1.165, 1.54) is 12.1 Å². The molecular weight excluding hydrogens is 549 g/mol. The fraction of sp³-hybridized carbons (Fsp3) is 0.367. The second kappa shape index (κ2) is 11.8. The van der Waals surface area contributed by atoms with E-state index < -0.39 is 23.5 Å². The van der Waals surface area contributed by atoms with Crippen LogP contribution >= 0.6 is 0 Å².